The molecule has 1 amide bonds. The minimum absolute atomic E-state index is 0.00692. The normalized spacial score (nSPS) is 22.7. The van der Waals surface area contributed by atoms with Gasteiger partial charge in [0.25, 0.3) is 0 Å². The van der Waals surface area contributed by atoms with Gasteiger partial charge in [0, 0.05) is 12.5 Å². The summed E-state index contributed by atoms with van der Waals surface area (Å²) in [5.41, 5.74) is -0.651. The molecule has 2 N–H and O–H groups in total. The maximum absolute atomic E-state index is 11.6. The molecule has 2 rings (SSSR count). The summed E-state index contributed by atoms with van der Waals surface area (Å²) < 4.78 is 0. The largest absolute Gasteiger partial charge is 0.481 e. The van der Waals surface area contributed by atoms with E-state index in [2.05, 4.69) is 5.32 Å². The first-order valence-corrected chi connectivity index (χ1v) is 5.30. The van der Waals surface area contributed by atoms with Crippen molar-refractivity contribution in [2.24, 2.45) is 11.3 Å². The lowest BCUT2D eigenvalue weighted by Crippen LogP contribution is -2.37. The maximum Gasteiger partial charge on any atom is 0.311 e. The summed E-state index contributed by atoms with van der Waals surface area (Å²) in [5, 5.41) is 11.7. The van der Waals surface area contributed by atoms with E-state index in [-0.39, 0.29) is 18.4 Å². The van der Waals surface area contributed by atoms with Crippen LogP contribution in [0.25, 0.3) is 0 Å². The Morgan fingerprint density at radius 3 is 2.40 bits per heavy atom. The number of carboxylic acid groups (broad SMARTS) is 1. The summed E-state index contributed by atoms with van der Waals surface area (Å²) >= 11 is 0. The van der Waals surface area contributed by atoms with Gasteiger partial charge in [-0.1, -0.05) is 12.2 Å². The summed E-state index contributed by atoms with van der Waals surface area (Å²) in [7, 11) is 0. The molecule has 4 heteroatoms. The minimum Gasteiger partial charge on any atom is -0.481 e. The summed E-state index contributed by atoms with van der Waals surface area (Å²) in [5.74, 6) is -0.769. The Balaban J connectivity index is 1.78. The van der Waals surface area contributed by atoms with E-state index in [0.29, 0.717) is 12.8 Å². The topological polar surface area (TPSA) is 66.4 Å². The molecule has 4 nitrogen and oxygen atoms in total. The van der Waals surface area contributed by atoms with Crippen LogP contribution >= 0.6 is 0 Å². The van der Waals surface area contributed by atoms with E-state index in [1.54, 1.807) is 0 Å². The molecule has 0 saturated heterocycles. The molecule has 15 heavy (non-hydrogen) atoms. The fourth-order valence-corrected chi connectivity index (χ4v) is 1.85. The highest BCUT2D eigenvalue weighted by molar-refractivity contribution is 5.82. The van der Waals surface area contributed by atoms with Gasteiger partial charge < -0.3 is 10.4 Å². The van der Waals surface area contributed by atoms with Crippen LogP contribution in [-0.4, -0.2) is 23.5 Å². The smallest absolute Gasteiger partial charge is 0.311 e. The van der Waals surface area contributed by atoms with E-state index in [1.807, 2.05) is 12.2 Å². The molecule has 0 aromatic heterocycles. The van der Waals surface area contributed by atoms with Crippen molar-refractivity contribution in [3.05, 3.63) is 12.2 Å². The molecular weight excluding hydrogens is 194 g/mol. The van der Waals surface area contributed by atoms with E-state index in [4.69, 9.17) is 5.11 Å². The molecule has 0 unspecified atom stereocenters. The highest BCUT2D eigenvalue weighted by Crippen LogP contribution is 2.45. The third-order valence-corrected chi connectivity index (χ3v) is 3.29. The van der Waals surface area contributed by atoms with Crippen LogP contribution in [0.5, 0.6) is 0 Å². The van der Waals surface area contributed by atoms with Crippen molar-refractivity contribution < 1.29 is 14.7 Å². The van der Waals surface area contributed by atoms with Crippen molar-refractivity contribution in [2.45, 2.75) is 25.7 Å². The van der Waals surface area contributed by atoms with Gasteiger partial charge in [0.05, 0.1) is 5.41 Å². The van der Waals surface area contributed by atoms with E-state index in [9.17, 15) is 9.59 Å². The molecule has 0 heterocycles. The Kier molecular flexibility index (Phi) is 2.50. The van der Waals surface area contributed by atoms with Gasteiger partial charge in [-0.15, -0.1) is 0 Å². The maximum atomic E-state index is 11.6. The summed E-state index contributed by atoms with van der Waals surface area (Å²) in [6.07, 6.45) is 6.93. The van der Waals surface area contributed by atoms with Gasteiger partial charge in [0.1, 0.15) is 0 Å². The lowest BCUT2D eigenvalue weighted by molar-refractivity contribution is -0.143. The number of amides is 1. The Morgan fingerprint density at radius 1 is 1.33 bits per heavy atom. The monoisotopic (exact) mass is 209 g/mol. The third kappa shape index (κ3) is 2.03. The van der Waals surface area contributed by atoms with Crippen LogP contribution in [0.2, 0.25) is 0 Å². The zero-order chi connectivity index (χ0) is 10.9. The first-order valence-electron chi connectivity index (χ1n) is 5.30. The van der Waals surface area contributed by atoms with Crippen molar-refractivity contribution in [1.29, 1.82) is 0 Å². The first-order chi connectivity index (χ1) is 7.14. The van der Waals surface area contributed by atoms with E-state index < -0.39 is 11.4 Å². The zero-order valence-electron chi connectivity index (χ0n) is 8.53. The van der Waals surface area contributed by atoms with Crippen LogP contribution in [-0.2, 0) is 9.59 Å². The second-order valence-corrected chi connectivity index (χ2v) is 4.44. The highest BCUT2D eigenvalue weighted by atomic mass is 16.4. The number of carbonyl (C=O) groups excluding carboxylic acids is 1. The lowest BCUT2D eigenvalue weighted by Gasteiger charge is -2.14. The van der Waals surface area contributed by atoms with Gasteiger partial charge in [-0.05, 0) is 25.7 Å². The summed E-state index contributed by atoms with van der Waals surface area (Å²) in [6.45, 7) is 0.289. The fourth-order valence-electron chi connectivity index (χ4n) is 1.85. The second kappa shape index (κ2) is 3.68. The average Bonchev–Trinajstić information content (AvgIpc) is 2.80. The number of nitrogens with one attached hydrogen (secondary N) is 1. The predicted molar refractivity (Wildman–Crippen MR) is 54.2 cm³/mol. The number of carboxylic acids is 1. The molecule has 2 aliphatic carbocycles. The molecule has 0 aromatic carbocycles. The molecule has 2 aliphatic rings. The average molecular weight is 209 g/mol. The third-order valence-electron chi connectivity index (χ3n) is 3.29. The molecule has 0 bridgehead atoms. The van der Waals surface area contributed by atoms with Gasteiger partial charge in [-0.3, -0.25) is 9.59 Å². The number of aliphatic carboxylic acids is 1. The van der Waals surface area contributed by atoms with Gasteiger partial charge >= 0.3 is 5.97 Å². The minimum atomic E-state index is -0.785. The number of carbonyl (C=O) groups is 2. The van der Waals surface area contributed by atoms with E-state index in [1.165, 1.54) is 0 Å². The molecule has 0 atom stereocenters. The Hall–Kier alpha value is -1.32. The van der Waals surface area contributed by atoms with Crippen LogP contribution in [0.1, 0.15) is 25.7 Å². The number of hydrogen-bond donors (Lipinski definition) is 2. The summed E-state index contributed by atoms with van der Waals surface area (Å²) in [6, 6.07) is 0. The Bertz CT molecular complexity index is 310. The molecule has 0 spiro atoms. The SMILES string of the molecule is O=C(NCC1(C(=O)O)CC1)C1CC=CC1. The molecule has 0 aromatic rings. The Labute approximate surface area is 88.4 Å². The van der Waals surface area contributed by atoms with Crippen LogP contribution < -0.4 is 5.32 Å². The fraction of sp³-hybridized carbons (Fsp3) is 0.636. The van der Waals surface area contributed by atoms with Crippen LogP contribution in [0, 0.1) is 11.3 Å². The lowest BCUT2D eigenvalue weighted by atomic mass is 10.0. The molecule has 1 fully saturated rings. The standard InChI is InChI=1S/C11H15NO3/c13-9(8-3-1-2-4-8)12-7-11(5-6-11)10(14)15/h1-2,8H,3-7H2,(H,12,13)(H,14,15). The second-order valence-electron chi connectivity index (χ2n) is 4.44. The van der Waals surface area contributed by atoms with Gasteiger partial charge in [0.2, 0.25) is 5.91 Å². The Morgan fingerprint density at radius 2 is 1.93 bits per heavy atom. The van der Waals surface area contributed by atoms with Gasteiger partial charge in [-0.2, -0.15) is 0 Å². The van der Waals surface area contributed by atoms with Crippen LogP contribution in [0.3, 0.4) is 0 Å². The van der Waals surface area contributed by atoms with Crippen LogP contribution in [0.4, 0.5) is 0 Å². The van der Waals surface area contributed by atoms with E-state index in [0.717, 1.165) is 12.8 Å². The molecule has 82 valence electrons. The molecule has 1 saturated carbocycles. The van der Waals surface area contributed by atoms with E-state index >= 15 is 0 Å². The molecule has 0 aliphatic heterocycles. The first kappa shape index (κ1) is 10.2. The zero-order valence-corrected chi connectivity index (χ0v) is 8.53. The van der Waals surface area contributed by atoms with Crippen molar-refractivity contribution in [3.8, 4) is 0 Å². The van der Waals surface area contributed by atoms with Crippen LogP contribution in [0.15, 0.2) is 12.2 Å². The quantitative estimate of drug-likeness (QED) is 0.677. The van der Waals surface area contributed by atoms with Gasteiger partial charge in [0.15, 0.2) is 0 Å². The number of hydrogen-bond acceptors (Lipinski definition) is 2. The number of allylic oxidation sites excluding steroid dienone is 2. The van der Waals surface area contributed by atoms with Crippen molar-refractivity contribution in [1.82, 2.24) is 5.32 Å². The van der Waals surface area contributed by atoms with Crippen molar-refractivity contribution in [3.63, 3.8) is 0 Å². The number of rotatable bonds is 4. The van der Waals surface area contributed by atoms with Crippen molar-refractivity contribution >= 4 is 11.9 Å². The predicted octanol–water partition coefficient (Wildman–Crippen LogP) is 0.934. The van der Waals surface area contributed by atoms with Crippen molar-refractivity contribution in [2.75, 3.05) is 6.54 Å². The molecule has 0 radical (unpaired) electrons. The highest BCUT2D eigenvalue weighted by Gasteiger charge is 2.50. The summed E-state index contributed by atoms with van der Waals surface area (Å²) in [4.78, 5) is 22.5. The molecular formula is C11H15NO3. The van der Waals surface area contributed by atoms with Gasteiger partial charge in [-0.25, -0.2) is 0 Å².